The van der Waals surface area contributed by atoms with E-state index >= 15 is 0 Å². The second kappa shape index (κ2) is 23.0. The van der Waals surface area contributed by atoms with Crippen LogP contribution < -0.4 is 11.5 Å². The molecule has 0 amide bonds. The van der Waals surface area contributed by atoms with Crippen LogP contribution in [0, 0.1) is 34.0 Å². The fraction of sp³-hybridized carbons (Fsp3) is 0.733. The molecule has 282 valence electrons. The van der Waals surface area contributed by atoms with E-state index in [0.717, 1.165) is 37.8 Å². The second-order valence-electron chi connectivity index (χ2n) is 16.4. The van der Waals surface area contributed by atoms with E-state index in [1.165, 1.54) is 55.2 Å². The average molecular weight is 681 g/mol. The Balaban J connectivity index is 3.80. The first-order chi connectivity index (χ1) is 23.2. The molecular formula is C45H80N2O2. The maximum atomic E-state index is 6.31. The Bertz CT molecular complexity index is 1100. The Labute approximate surface area is 305 Å². The van der Waals surface area contributed by atoms with Crippen molar-refractivity contribution >= 4 is 0 Å². The van der Waals surface area contributed by atoms with Crippen molar-refractivity contribution in [2.45, 2.75) is 139 Å². The minimum atomic E-state index is -0.298. The normalized spacial score (nSPS) is 17.9. The van der Waals surface area contributed by atoms with Gasteiger partial charge in [-0.05, 0) is 99.5 Å². The fourth-order valence-electron chi connectivity index (χ4n) is 8.06. The summed E-state index contributed by atoms with van der Waals surface area (Å²) in [7, 11) is 0. The number of rotatable bonds is 28. The first kappa shape index (κ1) is 45.3. The summed E-state index contributed by atoms with van der Waals surface area (Å²) in [6, 6.07) is 11.3. The zero-order valence-corrected chi connectivity index (χ0v) is 34.0. The lowest BCUT2D eigenvalue weighted by Crippen LogP contribution is -2.46. The van der Waals surface area contributed by atoms with Crippen LogP contribution in [-0.2, 0) is 9.47 Å². The molecule has 0 fully saturated rings. The number of hydrogen-bond donors (Lipinski definition) is 2. The van der Waals surface area contributed by atoms with Crippen LogP contribution in [0.1, 0.15) is 145 Å². The molecule has 0 heterocycles. The second-order valence-corrected chi connectivity index (χ2v) is 16.4. The molecule has 1 rings (SSSR count). The van der Waals surface area contributed by atoms with Gasteiger partial charge in [-0.1, -0.05) is 147 Å². The molecule has 0 aromatic heterocycles. The van der Waals surface area contributed by atoms with Gasteiger partial charge in [-0.25, -0.2) is 0 Å². The highest BCUT2D eigenvalue weighted by Crippen LogP contribution is 2.59. The van der Waals surface area contributed by atoms with Crippen LogP contribution in [0.5, 0.6) is 0 Å². The van der Waals surface area contributed by atoms with E-state index in [1.54, 1.807) is 0 Å². The molecule has 4 heteroatoms. The van der Waals surface area contributed by atoms with Crippen molar-refractivity contribution in [1.29, 1.82) is 0 Å². The molecule has 0 aliphatic carbocycles. The van der Waals surface area contributed by atoms with Crippen molar-refractivity contribution < 1.29 is 9.47 Å². The van der Waals surface area contributed by atoms with Gasteiger partial charge in [0.1, 0.15) is 0 Å². The van der Waals surface area contributed by atoms with Gasteiger partial charge in [0, 0.05) is 12.0 Å². The van der Waals surface area contributed by atoms with Gasteiger partial charge < -0.3 is 20.9 Å². The van der Waals surface area contributed by atoms with Crippen LogP contribution in [-0.4, -0.2) is 39.5 Å². The fourth-order valence-corrected chi connectivity index (χ4v) is 8.06. The van der Waals surface area contributed by atoms with Crippen LogP contribution >= 0.6 is 0 Å². The third kappa shape index (κ3) is 13.7. The van der Waals surface area contributed by atoms with Crippen molar-refractivity contribution in [2.24, 2.45) is 45.5 Å². The van der Waals surface area contributed by atoms with E-state index in [2.05, 4.69) is 112 Å². The van der Waals surface area contributed by atoms with Crippen molar-refractivity contribution in [2.75, 3.05) is 39.5 Å². The number of unbranched alkanes of at least 4 members (excludes halogenated alkanes) is 2. The predicted molar refractivity (Wildman–Crippen MR) is 216 cm³/mol. The Morgan fingerprint density at radius 3 is 2.02 bits per heavy atom. The van der Waals surface area contributed by atoms with Gasteiger partial charge in [0.15, 0.2) is 0 Å². The van der Waals surface area contributed by atoms with Gasteiger partial charge in [0.25, 0.3) is 0 Å². The Kier molecular flexibility index (Phi) is 21.2. The molecule has 49 heavy (non-hydrogen) atoms. The molecule has 0 aliphatic rings. The molecule has 0 bridgehead atoms. The third-order valence-electron chi connectivity index (χ3n) is 12.2. The van der Waals surface area contributed by atoms with Gasteiger partial charge >= 0.3 is 0 Å². The van der Waals surface area contributed by atoms with E-state index < -0.39 is 0 Å². The van der Waals surface area contributed by atoms with Gasteiger partial charge in [-0.3, -0.25) is 0 Å². The first-order valence-corrected chi connectivity index (χ1v) is 19.8. The summed E-state index contributed by atoms with van der Waals surface area (Å²) in [5.74, 6) is 1.98. The van der Waals surface area contributed by atoms with Crippen molar-refractivity contribution in [3.8, 4) is 0 Å². The molecular weight excluding hydrogens is 601 g/mol. The monoisotopic (exact) mass is 681 g/mol. The van der Waals surface area contributed by atoms with E-state index in [1.807, 2.05) is 0 Å². The highest BCUT2D eigenvalue weighted by atomic mass is 16.5. The highest BCUT2D eigenvalue weighted by Gasteiger charge is 2.50. The predicted octanol–water partition coefficient (Wildman–Crippen LogP) is 11.7. The summed E-state index contributed by atoms with van der Waals surface area (Å²) in [5.41, 5.74) is 16.8. The van der Waals surface area contributed by atoms with Crippen molar-refractivity contribution in [3.63, 3.8) is 0 Å². The summed E-state index contributed by atoms with van der Waals surface area (Å²) in [4.78, 5) is 0. The van der Waals surface area contributed by atoms with E-state index in [0.29, 0.717) is 56.6 Å². The lowest BCUT2D eigenvalue weighted by Gasteiger charge is -2.55. The molecule has 0 saturated carbocycles. The van der Waals surface area contributed by atoms with Crippen LogP contribution in [0.15, 0.2) is 66.3 Å². The summed E-state index contributed by atoms with van der Waals surface area (Å²) in [6.07, 6.45) is 14.2. The highest BCUT2D eigenvalue weighted by molar-refractivity contribution is 5.33. The molecule has 4 nitrogen and oxygen atoms in total. The Morgan fingerprint density at radius 1 is 0.837 bits per heavy atom. The number of hydrogen-bond acceptors (Lipinski definition) is 4. The van der Waals surface area contributed by atoms with Crippen LogP contribution in [0.2, 0.25) is 0 Å². The molecule has 0 aliphatic heterocycles. The summed E-state index contributed by atoms with van der Waals surface area (Å²) in [5, 5.41) is 0. The average Bonchev–Trinajstić information content (AvgIpc) is 3.07. The Hall–Kier alpha value is -1.72. The van der Waals surface area contributed by atoms with Gasteiger partial charge in [-0.2, -0.15) is 0 Å². The number of nitrogens with two attached hydrogens (primary N) is 2. The standard InChI is InChI=1S/C45H80N2O2/c1-13-15-21-37(7)31-42(38(8)32-39(9)44(11,36(5)6)34-49-30-29-48-28-27-47)45(12,25-16-14-2)43(10,24-20-26-46)33-41(35(3)4)40-22-18-17-19-23-40/h17-19,22-23,32,35,37,41-42H,5,8,13-16,20-21,24-31,33-34,46-47H2,1-4,6-7,9-12H3/b39-32+. The van der Waals surface area contributed by atoms with E-state index in [4.69, 9.17) is 27.5 Å². The minimum absolute atomic E-state index is 0.0326. The molecule has 6 unspecified atom stereocenters. The van der Waals surface area contributed by atoms with Crippen molar-refractivity contribution in [3.05, 3.63) is 71.8 Å². The smallest absolute Gasteiger partial charge is 0.0701 e. The van der Waals surface area contributed by atoms with Gasteiger partial charge in [0.2, 0.25) is 0 Å². The minimum Gasteiger partial charge on any atom is -0.378 e. The lowest BCUT2D eigenvalue weighted by atomic mass is 9.50. The van der Waals surface area contributed by atoms with Crippen LogP contribution in [0.3, 0.4) is 0 Å². The molecule has 0 radical (unpaired) electrons. The van der Waals surface area contributed by atoms with Crippen LogP contribution in [0.4, 0.5) is 0 Å². The molecule has 6 atom stereocenters. The van der Waals surface area contributed by atoms with Crippen LogP contribution in [0.25, 0.3) is 0 Å². The SMILES string of the molecule is C=C(/C=C(\C)C(C)(COCCOCCN)C(=C)C)C(CC(C)CCCC)C(C)(CCCC)C(C)(CCCN)CC(c1ccccc1)C(C)C. The zero-order chi connectivity index (χ0) is 37.1. The number of allylic oxidation sites excluding steroid dienone is 2. The lowest BCUT2D eigenvalue weighted by molar-refractivity contribution is -0.0221. The Morgan fingerprint density at radius 2 is 1.47 bits per heavy atom. The first-order valence-electron chi connectivity index (χ1n) is 19.8. The maximum absolute atomic E-state index is 6.31. The molecule has 4 N–H and O–H groups in total. The molecule has 1 aromatic carbocycles. The summed E-state index contributed by atoms with van der Waals surface area (Å²) in [6.45, 7) is 36.7. The zero-order valence-electron chi connectivity index (χ0n) is 34.0. The number of benzene rings is 1. The number of ether oxygens (including phenoxy) is 2. The molecule has 0 saturated heterocycles. The van der Waals surface area contributed by atoms with Crippen molar-refractivity contribution in [1.82, 2.24) is 0 Å². The van der Waals surface area contributed by atoms with Gasteiger partial charge in [-0.15, -0.1) is 0 Å². The van der Waals surface area contributed by atoms with Gasteiger partial charge in [0.05, 0.1) is 26.4 Å². The maximum Gasteiger partial charge on any atom is 0.0701 e. The third-order valence-corrected chi connectivity index (χ3v) is 12.2. The summed E-state index contributed by atoms with van der Waals surface area (Å²) >= 11 is 0. The topological polar surface area (TPSA) is 70.5 Å². The van der Waals surface area contributed by atoms with E-state index in [9.17, 15) is 0 Å². The van der Waals surface area contributed by atoms with E-state index in [-0.39, 0.29) is 16.2 Å². The quantitative estimate of drug-likeness (QED) is 0.0525. The molecule has 0 spiro atoms. The molecule has 1 aromatic rings. The summed E-state index contributed by atoms with van der Waals surface area (Å²) < 4.78 is 11.8. The largest absolute Gasteiger partial charge is 0.378 e.